The highest BCUT2D eigenvalue weighted by molar-refractivity contribution is 6.40. The summed E-state index contributed by atoms with van der Waals surface area (Å²) in [6, 6.07) is 15.6. The zero-order chi connectivity index (χ0) is 20.8. The van der Waals surface area contributed by atoms with Crippen molar-refractivity contribution in [3.8, 4) is 0 Å². The molecular formula is C26H22O4. The molecule has 0 heterocycles. The Morgan fingerprint density at radius 3 is 2.07 bits per heavy atom. The van der Waals surface area contributed by atoms with E-state index in [9.17, 15) is 19.8 Å². The number of benzene rings is 3. The lowest BCUT2D eigenvalue weighted by Crippen LogP contribution is -2.28. The van der Waals surface area contributed by atoms with Crippen molar-refractivity contribution in [2.75, 3.05) is 0 Å². The molecule has 0 saturated heterocycles. The van der Waals surface area contributed by atoms with Gasteiger partial charge in [-0.1, -0.05) is 66.8 Å². The summed E-state index contributed by atoms with van der Waals surface area (Å²) in [5.41, 5.74) is 2.40. The first-order valence-corrected chi connectivity index (χ1v) is 10.3. The number of allylic oxidation sites excluding steroid dienone is 2. The average Bonchev–Trinajstić information content (AvgIpc) is 2.76. The summed E-state index contributed by atoms with van der Waals surface area (Å²) in [6.07, 6.45) is 4.84. The maximum Gasteiger partial charge on any atom is 0.205 e. The largest absolute Gasteiger partial charge is 0.386 e. The Labute approximate surface area is 174 Å². The maximum atomic E-state index is 12.9. The quantitative estimate of drug-likeness (QED) is 0.504. The zero-order valence-corrected chi connectivity index (χ0v) is 16.4. The van der Waals surface area contributed by atoms with E-state index in [2.05, 4.69) is 0 Å². The van der Waals surface area contributed by atoms with Crippen molar-refractivity contribution in [3.63, 3.8) is 0 Å². The number of carbonyl (C=O) groups is 2. The van der Waals surface area contributed by atoms with Crippen LogP contribution in [0.2, 0.25) is 0 Å². The molecule has 5 rings (SSSR count). The number of carbonyl (C=O) groups excluding carboxylic acids is 2. The van der Waals surface area contributed by atoms with Crippen LogP contribution in [-0.4, -0.2) is 34.0 Å². The van der Waals surface area contributed by atoms with Crippen LogP contribution in [0.5, 0.6) is 0 Å². The molecule has 2 aliphatic carbocycles. The van der Waals surface area contributed by atoms with E-state index < -0.39 is 18.1 Å². The van der Waals surface area contributed by atoms with E-state index in [0.717, 1.165) is 32.7 Å². The molecule has 1 fully saturated rings. The highest BCUT2D eigenvalue weighted by Gasteiger charge is 2.34. The van der Waals surface area contributed by atoms with E-state index in [1.165, 1.54) is 0 Å². The van der Waals surface area contributed by atoms with Crippen LogP contribution in [0.4, 0.5) is 0 Å². The lowest BCUT2D eigenvalue weighted by molar-refractivity contribution is -0.139. The van der Waals surface area contributed by atoms with E-state index in [1.807, 2.05) is 54.6 Å². The molecule has 0 spiro atoms. The molecule has 3 aromatic carbocycles. The molecule has 0 bridgehead atoms. The molecule has 4 heteroatoms. The molecule has 0 radical (unpaired) electrons. The number of aliphatic hydroxyl groups excluding tert-OH is 2. The van der Waals surface area contributed by atoms with Crippen LogP contribution < -0.4 is 0 Å². The van der Waals surface area contributed by atoms with Gasteiger partial charge >= 0.3 is 0 Å². The van der Waals surface area contributed by atoms with Gasteiger partial charge in [-0.25, -0.2) is 0 Å². The first-order chi connectivity index (χ1) is 14.6. The monoisotopic (exact) mass is 398 g/mol. The second kappa shape index (κ2) is 7.31. The molecule has 3 atom stereocenters. The van der Waals surface area contributed by atoms with Gasteiger partial charge in [-0.05, 0) is 51.1 Å². The normalized spacial score (nSPS) is 24.5. The van der Waals surface area contributed by atoms with Crippen molar-refractivity contribution in [1.29, 1.82) is 0 Å². The fraction of sp³-hybridized carbons (Fsp3) is 0.231. The van der Waals surface area contributed by atoms with E-state index in [-0.39, 0.29) is 11.6 Å². The average molecular weight is 398 g/mol. The number of aliphatic hydroxyl groups is 2. The first kappa shape index (κ1) is 18.9. The Kier molecular flexibility index (Phi) is 4.61. The summed E-state index contributed by atoms with van der Waals surface area (Å²) in [7, 11) is 0. The predicted octanol–water partition coefficient (Wildman–Crippen LogP) is 4.07. The van der Waals surface area contributed by atoms with Crippen LogP contribution in [0, 0.1) is 0 Å². The molecular weight excluding hydrogens is 376 g/mol. The molecule has 150 valence electrons. The van der Waals surface area contributed by atoms with E-state index >= 15 is 0 Å². The minimum Gasteiger partial charge on any atom is -0.386 e. The molecule has 0 amide bonds. The highest BCUT2D eigenvalue weighted by atomic mass is 16.3. The van der Waals surface area contributed by atoms with E-state index in [1.54, 1.807) is 12.2 Å². The summed E-state index contributed by atoms with van der Waals surface area (Å²) in [4.78, 5) is 25.1. The Balaban J connectivity index is 1.88. The minimum absolute atomic E-state index is 0.290. The highest BCUT2D eigenvalue weighted by Crippen LogP contribution is 2.43. The summed E-state index contributed by atoms with van der Waals surface area (Å²) >= 11 is 0. The molecule has 0 aromatic heterocycles. The van der Waals surface area contributed by atoms with Crippen molar-refractivity contribution in [1.82, 2.24) is 0 Å². The fourth-order valence-corrected chi connectivity index (χ4v) is 4.93. The van der Waals surface area contributed by atoms with Crippen molar-refractivity contribution >= 4 is 38.7 Å². The standard InChI is InChI=1S/C26H22O4/c27-21-13-5-11-19(25(21)29)23-15-7-1-2-8-16(15)24(18-10-4-3-9-17(18)23)20-12-6-14-22(28)26(20)30/h1-5,7-11,13,20-21,25,27,29H,6,12,14H2/t20?,21-,25+/m1/s1. The third-order valence-electron chi connectivity index (χ3n) is 6.32. The van der Waals surface area contributed by atoms with Gasteiger partial charge < -0.3 is 10.2 Å². The summed E-state index contributed by atoms with van der Waals surface area (Å²) in [5.74, 6) is -1.05. The smallest absolute Gasteiger partial charge is 0.205 e. The molecule has 2 N–H and O–H groups in total. The van der Waals surface area contributed by atoms with Crippen LogP contribution in [-0.2, 0) is 9.59 Å². The number of hydrogen-bond acceptors (Lipinski definition) is 4. The number of Topliss-reactive ketones (excluding diaryl/α,β-unsaturated/α-hetero) is 2. The van der Waals surface area contributed by atoms with Crippen LogP contribution in [0.15, 0.2) is 66.8 Å². The number of ketones is 2. The zero-order valence-electron chi connectivity index (χ0n) is 16.4. The topological polar surface area (TPSA) is 74.6 Å². The van der Waals surface area contributed by atoms with Crippen molar-refractivity contribution in [3.05, 3.63) is 77.9 Å². The summed E-state index contributed by atoms with van der Waals surface area (Å²) in [5, 5.41) is 24.6. The Morgan fingerprint density at radius 2 is 1.43 bits per heavy atom. The second-order valence-corrected chi connectivity index (χ2v) is 8.05. The predicted molar refractivity (Wildman–Crippen MR) is 117 cm³/mol. The van der Waals surface area contributed by atoms with Crippen LogP contribution in [0.25, 0.3) is 27.1 Å². The third-order valence-corrected chi connectivity index (χ3v) is 6.32. The van der Waals surface area contributed by atoms with Crippen molar-refractivity contribution < 1.29 is 19.8 Å². The molecule has 1 saturated carbocycles. The Hall–Kier alpha value is -3.08. The summed E-state index contributed by atoms with van der Waals surface area (Å²) in [6.45, 7) is 0. The van der Waals surface area contributed by atoms with Crippen molar-refractivity contribution in [2.24, 2.45) is 0 Å². The number of fused-ring (bicyclic) bond motifs is 2. The maximum absolute atomic E-state index is 12.9. The lowest BCUT2D eigenvalue weighted by Gasteiger charge is -2.28. The second-order valence-electron chi connectivity index (χ2n) is 8.05. The molecule has 1 unspecified atom stereocenters. The molecule has 2 aliphatic rings. The fourth-order valence-electron chi connectivity index (χ4n) is 4.93. The van der Waals surface area contributed by atoms with Crippen LogP contribution in [0.1, 0.15) is 36.3 Å². The van der Waals surface area contributed by atoms with Gasteiger partial charge in [0.05, 0.1) is 5.92 Å². The summed E-state index contributed by atoms with van der Waals surface area (Å²) < 4.78 is 0. The minimum atomic E-state index is -1.04. The van der Waals surface area contributed by atoms with E-state index in [0.29, 0.717) is 24.8 Å². The Morgan fingerprint density at radius 1 is 0.833 bits per heavy atom. The van der Waals surface area contributed by atoms with Gasteiger partial charge in [0.15, 0.2) is 5.78 Å². The third kappa shape index (κ3) is 2.83. The van der Waals surface area contributed by atoms with Gasteiger partial charge in [0.25, 0.3) is 0 Å². The van der Waals surface area contributed by atoms with E-state index in [4.69, 9.17) is 0 Å². The molecule has 3 aromatic rings. The first-order valence-electron chi connectivity index (χ1n) is 10.3. The number of rotatable bonds is 2. The molecule has 4 nitrogen and oxygen atoms in total. The van der Waals surface area contributed by atoms with Crippen LogP contribution >= 0.6 is 0 Å². The van der Waals surface area contributed by atoms with Crippen LogP contribution in [0.3, 0.4) is 0 Å². The number of hydrogen-bond donors (Lipinski definition) is 2. The SMILES string of the molecule is O=C1CCCC(c2c3ccccc3c(C3=CC=C[C@@H](O)[C@H]3O)c3ccccc23)C1=O. The van der Waals surface area contributed by atoms with Gasteiger partial charge in [0, 0.05) is 6.42 Å². The molecule has 0 aliphatic heterocycles. The van der Waals surface area contributed by atoms with Gasteiger partial charge in [-0.15, -0.1) is 0 Å². The van der Waals surface area contributed by atoms with Crippen molar-refractivity contribution in [2.45, 2.75) is 37.4 Å². The Bertz CT molecular complexity index is 1190. The van der Waals surface area contributed by atoms with Gasteiger partial charge in [0.1, 0.15) is 12.2 Å². The lowest BCUT2D eigenvalue weighted by atomic mass is 9.76. The van der Waals surface area contributed by atoms with Gasteiger partial charge in [-0.3, -0.25) is 9.59 Å². The van der Waals surface area contributed by atoms with Gasteiger partial charge in [-0.2, -0.15) is 0 Å². The van der Waals surface area contributed by atoms with Gasteiger partial charge in [0.2, 0.25) is 5.78 Å². The molecule has 30 heavy (non-hydrogen) atoms.